The summed E-state index contributed by atoms with van der Waals surface area (Å²) >= 11 is 5.84. The van der Waals surface area contributed by atoms with E-state index in [0.29, 0.717) is 30.6 Å². The molecule has 6 heteroatoms. The summed E-state index contributed by atoms with van der Waals surface area (Å²) < 4.78 is 4.98. The Kier molecular flexibility index (Phi) is 3.44. The van der Waals surface area contributed by atoms with Gasteiger partial charge in [0.1, 0.15) is 0 Å². The predicted molar refractivity (Wildman–Crippen MR) is 75.7 cm³/mol. The van der Waals surface area contributed by atoms with Crippen molar-refractivity contribution >= 4 is 23.2 Å². The number of carbonyl (C=O) groups is 1. The van der Waals surface area contributed by atoms with Crippen molar-refractivity contribution in [1.82, 2.24) is 10.1 Å². The molecule has 104 valence electrons. The van der Waals surface area contributed by atoms with Gasteiger partial charge in [-0.15, -0.1) is 11.6 Å². The molecule has 0 saturated carbocycles. The zero-order valence-electron chi connectivity index (χ0n) is 11.0. The Bertz CT molecular complexity index is 641. The second kappa shape index (κ2) is 5.25. The highest BCUT2D eigenvalue weighted by atomic mass is 35.5. The molecular formula is C14H14ClN3O2. The molecule has 1 fully saturated rings. The van der Waals surface area contributed by atoms with Crippen LogP contribution in [0.2, 0.25) is 0 Å². The Morgan fingerprint density at radius 3 is 3.00 bits per heavy atom. The summed E-state index contributed by atoms with van der Waals surface area (Å²) in [6, 6.07) is 7.59. The zero-order valence-corrected chi connectivity index (χ0v) is 11.8. The van der Waals surface area contributed by atoms with Gasteiger partial charge in [-0.2, -0.15) is 4.98 Å². The Hall–Kier alpha value is -1.88. The highest BCUT2D eigenvalue weighted by molar-refractivity contribution is 6.18. The number of aromatic nitrogens is 2. The van der Waals surface area contributed by atoms with Gasteiger partial charge < -0.3 is 9.42 Å². The van der Waals surface area contributed by atoms with E-state index in [9.17, 15) is 4.79 Å². The fraction of sp³-hybridized carbons (Fsp3) is 0.357. The highest BCUT2D eigenvalue weighted by Crippen LogP contribution is 2.28. The lowest BCUT2D eigenvalue weighted by atomic mass is 10.1. The monoisotopic (exact) mass is 291 g/mol. The largest absolute Gasteiger partial charge is 0.339 e. The maximum Gasteiger partial charge on any atom is 0.227 e. The van der Waals surface area contributed by atoms with Crippen LogP contribution >= 0.6 is 11.6 Å². The average molecular weight is 292 g/mol. The number of nitrogens with zero attached hydrogens (tertiary/aromatic N) is 3. The molecule has 3 rings (SSSR count). The third kappa shape index (κ3) is 2.41. The van der Waals surface area contributed by atoms with Crippen LogP contribution in [-0.2, 0) is 4.79 Å². The van der Waals surface area contributed by atoms with Gasteiger partial charge in [0.15, 0.2) is 0 Å². The van der Waals surface area contributed by atoms with Crippen molar-refractivity contribution in [3.8, 4) is 11.4 Å². The summed E-state index contributed by atoms with van der Waals surface area (Å²) in [6.45, 7) is 2.41. The SMILES string of the molecule is Cc1nc(-c2cccc(N3CC(CCl)CC3=O)c2)no1. The Morgan fingerprint density at radius 1 is 1.50 bits per heavy atom. The van der Waals surface area contributed by atoms with E-state index in [-0.39, 0.29) is 11.8 Å². The van der Waals surface area contributed by atoms with E-state index >= 15 is 0 Å². The van der Waals surface area contributed by atoms with Crippen LogP contribution in [0.25, 0.3) is 11.4 Å². The molecule has 0 N–H and O–H groups in total. The molecule has 0 radical (unpaired) electrons. The quantitative estimate of drug-likeness (QED) is 0.816. The molecule has 1 saturated heterocycles. The minimum atomic E-state index is 0.108. The first-order valence-corrected chi connectivity index (χ1v) is 6.98. The highest BCUT2D eigenvalue weighted by Gasteiger charge is 2.30. The molecule has 20 heavy (non-hydrogen) atoms. The number of carbonyl (C=O) groups excluding carboxylic acids is 1. The van der Waals surface area contributed by atoms with Gasteiger partial charge in [0.25, 0.3) is 0 Å². The maximum absolute atomic E-state index is 12.0. The standard InChI is InChI=1S/C14H14ClN3O2/c1-9-16-14(17-20-9)11-3-2-4-12(6-11)18-8-10(7-15)5-13(18)19/h2-4,6,10H,5,7-8H2,1H3. The molecule has 1 aromatic heterocycles. The number of anilines is 1. The smallest absolute Gasteiger partial charge is 0.227 e. The van der Waals surface area contributed by atoms with Crippen molar-refractivity contribution in [1.29, 1.82) is 0 Å². The van der Waals surface area contributed by atoms with E-state index in [1.54, 1.807) is 11.8 Å². The van der Waals surface area contributed by atoms with Gasteiger partial charge in [0.05, 0.1) is 0 Å². The lowest BCUT2D eigenvalue weighted by Gasteiger charge is -2.16. The number of hydrogen-bond acceptors (Lipinski definition) is 4. The van der Waals surface area contributed by atoms with Crippen LogP contribution in [0.15, 0.2) is 28.8 Å². The fourth-order valence-electron chi connectivity index (χ4n) is 2.36. The van der Waals surface area contributed by atoms with Gasteiger partial charge in [0, 0.05) is 37.0 Å². The van der Waals surface area contributed by atoms with E-state index in [4.69, 9.17) is 16.1 Å². The van der Waals surface area contributed by atoms with Gasteiger partial charge >= 0.3 is 0 Å². The minimum Gasteiger partial charge on any atom is -0.339 e. The Morgan fingerprint density at radius 2 is 2.35 bits per heavy atom. The van der Waals surface area contributed by atoms with Gasteiger partial charge in [0.2, 0.25) is 17.6 Å². The first kappa shape index (κ1) is 13.1. The first-order valence-electron chi connectivity index (χ1n) is 6.44. The van der Waals surface area contributed by atoms with E-state index in [1.165, 1.54) is 0 Å². The van der Waals surface area contributed by atoms with Gasteiger partial charge in [-0.05, 0) is 18.1 Å². The van der Waals surface area contributed by atoms with Gasteiger partial charge in [-0.1, -0.05) is 17.3 Å². The summed E-state index contributed by atoms with van der Waals surface area (Å²) in [5, 5.41) is 3.89. The number of halogens is 1. The van der Waals surface area contributed by atoms with Crippen LogP contribution in [0.1, 0.15) is 12.3 Å². The maximum atomic E-state index is 12.0. The van der Waals surface area contributed by atoms with E-state index < -0.39 is 0 Å². The summed E-state index contributed by atoms with van der Waals surface area (Å²) in [6.07, 6.45) is 0.509. The summed E-state index contributed by atoms with van der Waals surface area (Å²) in [7, 11) is 0. The molecule has 1 atom stereocenters. The molecular weight excluding hydrogens is 278 g/mol. The predicted octanol–water partition coefficient (Wildman–Crippen LogP) is 2.64. The number of aryl methyl sites for hydroxylation is 1. The molecule has 1 unspecified atom stereocenters. The van der Waals surface area contributed by atoms with Crippen molar-refractivity contribution in [2.45, 2.75) is 13.3 Å². The molecule has 1 aromatic carbocycles. The fourth-order valence-corrected chi connectivity index (χ4v) is 2.57. The van der Waals surface area contributed by atoms with Crippen molar-refractivity contribution in [2.24, 2.45) is 5.92 Å². The molecule has 0 bridgehead atoms. The topological polar surface area (TPSA) is 59.2 Å². The average Bonchev–Trinajstić information content (AvgIpc) is 3.05. The molecule has 0 spiro atoms. The molecule has 1 aliphatic heterocycles. The van der Waals surface area contributed by atoms with Crippen LogP contribution in [0.5, 0.6) is 0 Å². The molecule has 5 nitrogen and oxygen atoms in total. The normalized spacial score (nSPS) is 18.8. The summed E-state index contributed by atoms with van der Waals surface area (Å²) in [5.41, 5.74) is 1.68. The summed E-state index contributed by atoms with van der Waals surface area (Å²) in [5.74, 6) is 1.89. The lowest BCUT2D eigenvalue weighted by molar-refractivity contribution is -0.117. The van der Waals surface area contributed by atoms with Crippen molar-refractivity contribution in [3.05, 3.63) is 30.2 Å². The second-order valence-corrected chi connectivity index (χ2v) is 5.22. The van der Waals surface area contributed by atoms with Crippen LogP contribution in [-0.4, -0.2) is 28.5 Å². The molecule has 2 aromatic rings. The lowest BCUT2D eigenvalue weighted by Crippen LogP contribution is -2.24. The Labute approximate surface area is 121 Å². The van der Waals surface area contributed by atoms with Gasteiger partial charge in [-0.3, -0.25) is 4.79 Å². The van der Waals surface area contributed by atoms with Crippen LogP contribution in [0.3, 0.4) is 0 Å². The van der Waals surface area contributed by atoms with Crippen LogP contribution < -0.4 is 4.90 Å². The minimum absolute atomic E-state index is 0.108. The van der Waals surface area contributed by atoms with E-state index in [1.807, 2.05) is 24.3 Å². The third-order valence-corrected chi connectivity index (χ3v) is 3.80. The second-order valence-electron chi connectivity index (χ2n) is 4.92. The number of rotatable bonds is 3. The number of alkyl halides is 1. The number of amides is 1. The van der Waals surface area contributed by atoms with E-state index in [2.05, 4.69) is 10.1 Å². The molecule has 1 amide bonds. The molecule has 0 aliphatic carbocycles. The first-order chi connectivity index (χ1) is 9.67. The van der Waals surface area contributed by atoms with Gasteiger partial charge in [-0.25, -0.2) is 0 Å². The van der Waals surface area contributed by atoms with Crippen LogP contribution in [0.4, 0.5) is 5.69 Å². The molecule has 2 heterocycles. The Balaban J connectivity index is 1.90. The summed E-state index contributed by atoms with van der Waals surface area (Å²) in [4.78, 5) is 18.0. The molecule has 1 aliphatic rings. The van der Waals surface area contributed by atoms with Crippen LogP contribution in [0, 0.1) is 12.8 Å². The van der Waals surface area contributed by atoms with E-state index in [0.717, 1.165) is 11.3 Å². The van der Waals surface area contributed by atoms with Crippen molar-refractivity contribution in [3.63, 3.8) is 0 Å². The third-order valence-electron chi connectivity index (χ3n) is 3.37. The zero-order chi connectivity index (χ0) is 14.1. The van der Waals surface area contributed by atoms with Crippen molar-refractivity contribution < 1.29 is 9.32 Å². The number of benzene rings is 1. The number of hydrogen-bond donors (Lipinski definition) is 0. The van der Waals surface area contributed by atoms with Crippen molar-refractivity contribution in [2.75, 3.05) is 17.3 Å².